The van der Waals surface area contributed by atoms with Crippen LogP contribution in [0.15, 0.2) is 205 Å². The van der Waals surface area contributed by atoms with E-state index in [0.29, 0.717) is 5.92 Å². The fraction of sp³-hybridized carbons (Fsp3) is 0.0556. The molecule has 2 heterocycles. The first-order chi connectivity index (χ1) is 28.3. The summed E-state index contributed by atoms with van der Waals surface area (Å²) in [5.41, 5.74) is 13.1. The Kier molecular flexibility index (Phi) is 8.03. The Hall–Kier alpha value is -7.23. The number of para-hydroxylation sites is 4. The summed E-state index contributed by atoms with van der Waals surface area (Å²) in [5.74, 6) is 0.295. The van der Waals surface area contributed by atoms with E-state index in [2.05, 4.69) is 216 Å². The first-order valence-electron chi connectivity index (χ1n) is 19.9. The molecule has 0 saturated heterocycles. The molecule has 0 aliphatic heterocycles. The molecule has 3 nitrogen and oxygen atoms in total. The topological polar surface area (TPSA) is 22.2 Å². The van der Waals surface area contributed by atoms with Gasteiger partial charge in [0.2, 0.25) is 0 Å². The van der Waals surface area contributed by atoms with E-state index in [0.717, 1.165) is 18.5 Å². The standard InChI is InChI=1S/C54H39N3/c1-3-15-37(16-4-1)36-55-54-42(28-27-38-17-7-9-21-44(38)54)33-41-18-8-12-24-49(41)57-51-26-14-10-22-45(51)47-31-29-40(35-53(47)57)39-30-32-52-48(34-39)46-23-11-13-25-50(46)56(52)43-19-5-2-6-20-43/h1-15,17-32,34-37H,16,33H2. The van der Waals surface area contributed by atoms with Crippen LogP contribution in [-0.2, 0) is 6.42 Å². The van der Waals surface area contributed by atoms with Gasteiger partial charge < -0.3 is 9.13 Å². The van der Waals surface area contributed by atoms with Crippen LogP contribution < -0.4 is 0 Å². The molecule has 2 aromatic heterocycles. The smallest absolute Gasteiger partial charge is 0.0739 e. The lowest BCUT2D eigenvalue weighted by atomic mass is 9.97. The lowest BCUT2D eigenvalue weighted by Crippen LogP contribution is -2.02. The third-order valence-electron chi connectivity index (χ3n) is 11.7. The minimum absolute atomic E-state index is 0.295. The molecule has 0 amide bonds. The van der Waals surface area contributed by atoms with E-state index < -0.39 is 0 Å². The Morgan fingerprint density at radius 3 is 2.00 bits per heavy atom. The summed E-state index contributed by atoms with van der Waals surface area (Å²) in [6.07, 6.45) is 12.6. The number of allylic oxidation sites excluding steroid dienone is 4. The van der Waals surface area contributed by atoms with Crippen LogP contribution in [0.3, 0.4) is 0 Å². The molecule has 0 spiro atoms. The van der Waals surface area contributed by atoms with Gasteiger partial charge in [0.1, 0.15) is 0 Å². The van der Waals surface area contributed by atoms with Crippen LogP contribution >= 0.6 is 0 Å². The van der Waals surface area contributed by atoms with E-state index in [9.17, 15) is 0 Å². The van der Waals surface area contributed by atoms with E-state index in [4.69, 9.17) is 4.99 Å². The van der Waals surface area contributed by atoms with Crippen LogP contribution in [0, 0.1) is 5.92 Å². The van der Waals surface area contributed by atoms with Gasteiger partial charge in [-0.2, -0.15) is 0 Å². The number of benzene rings is 8. The van der Waals surface area contributed by atoms with Crippen LogP contribution in [0.25, 0.3) is 76.9 Å². The van der Waals surface area contributed by atoms with Crippen LogP contribution in [0.5, 0.6) is 0 Å². The molecule has 0 bridgehead atoms. The molecule has 0 N–H and O–H groups in total. The van der Waals surface area contributed by atoms with Crippen molar-refractivity contribution < 1.29 is 0 Å². The van der Waals surface area contributed by atoms with E-state index >= 15 is 0 Å². The van der Waals surface area contributed by atoms with Crippen molar-refractivity contribution in [2.45, 2.75) is 12.8 Å². The molecule has 0 saturated carbocycles. The Bertz CT molecular complexity index is 3250. The summed E-state index contributed by atoms with van der Waals surface area (Å²) in [4.78, 5) is 5.23. The third-order valence-corrected chi connectivity index (χ3v) is 11.7. The monoisotopic (exact) mass is 729 g/mol. The second-order valence-corrected chi connectivity index (χ2v) is 15.1. The Morgan fingerprint density at radius 1 is 0.491 bits per heavy atom. The molecule has 11 rings (SSSR count). The third kappa shape index (κ3) is 5.70. The Labute approximate surface area is 331 Å². The van der Waals surface area contributed by atoms with Gasteiger partial charge in [0.25, 0.3) is 0 Å². The molecule has 8 aromatic carbocycles. The van der Waals surface area contributed by atoms with Crippen molar-refractivity contribution in [1.29, 1.82) is 0 Å². The summed E-state index contributed by atoms with van der Waals surface area (Å²) in [5, 5.41) is 7.40. The van der Waals surface area contributed by atoms with E-state index in [1.165, 1.54) is 88.0 Å². The highest BCUT2D eigenvalue weighted by Crippen LogP contribution is 2.40. The summed E-state index contributed by atoms with van der Waals surface area (Å²) in [6, 6.07) is 64.2. The summed E-state index contributed by atoms with van der Waals surface area (Å²) >= 11 is 0. The van der Waals surface area contributed by atoms with Gasteiger partial charge in [-0.3, -0.25) is 4.99 Å². The van der Waals surface area contributed by atoms with Crippen molar-refractivity contribution in [2.24, 2.45) is 10.9 Å². The van der Waals surface area contributed by atoms with Gasteiger partial charge in [-0.05, 0) is 82.6 Å². The Balaban J connectivity index is 1.06. The highest BCUT2D eigenvalue weighted by atomic mass is 15.0. The minimum atomic E-state index is 0.295. The van der Waals surface area contributed by atoms with Crippen LogP contribution in [0.1, 0.15) is 17.5 Å². The predicted octanol–water partition coefficient (Wildman–Crippen LogP) is 14.1. The first-order valence-corrected chi connectivity index (χ1v) is 19.9. The van der Waals surface area contributed by atoms with Crippen LogP contribution in [0.4, 0.5) is 5.69 Å². The molecular weight excluding hydrogens is 691 g/mol. The molecule has 3 heteroatoms. The molecule has 57 heavy (non-hydrogen) atoms. The van der Waals surface area contributed by atoms with Crippen molar-refractivity contribution in [3.05, 3.63) is 211 Å². The van der Waals surface area contributed by atoms with Crippen LogP contribution in [0.2, 0.25) is 0 Å². The van der Waals surface area contributed by atoms with Gasteiger partial charge >= 0.3 is 0 Å². The van der Waals surface area contributed by atoms with Crippen molar-refractivity contribution in [2.75, 3.05) is 0 Å². The first kappa shape index (κ1) is 33.1. The van der Waals surface area contributed by atoms with Crippen molar-refractivity contribution in [3.8, 4) is 22.5 Å². The molecule has 0 fully saturated rings. The lowest BCUT2D eigenvalue weighted by Gasteiger charge is -2.16. The van der Waals surface area contributed by atoms with Gasteiger partial charge in [-0.1, -0.05) is 152 Å². The van der Waals surface area contributed by atoms with Gasteiger partial charge in [0, 0.05) is 56.9 Å². The average Bonchev–Trinajstić information content (AvgIpc) is 3.79. The molecule has 1 aliphatic carbocycles. The fourth-order valence-electron chi connectivity index (χ4n) is 8.98. The molecule has 1 unspecified atom stereocenters. The quantitative estimate of drug-likeness (QED) is 0.146. The zero-order valence-corrected chi connectivity index (χ0v) is 31.5. The lowest BCUT2D eigenvalue weighted by molar-refractivity contribution is 0.887. The largest absolute Gasteiger partial charge is 0.309 e. The molecule has 270 valence electrons. The van der Waals surface area contributed by atoms with E-state index in [1.54, 1.807) is 0 Å². The summed E-state index contributed by atoms with van der Waals surface area (Å²) in [7, 11) is 0. The number of aromatic nitrogens is 2. The van der Waals surface area contributed by atoms with Crippen LogP contribution in [-0.4, -0.2) is 15.3 Å². The summed E-state index contributed by atoms with van der Waals surface area (Å²) < 4.78 is 4.86. The van der Waals surface area contributed by atoms with E-state index in [1.807, 2.05) is 0 Å². The van der Waals surface area contributed by atoms with Gasteiger partial charge in [-0.15, -0.1) is 0 Å². The normalized spacial score (nSPS) is 14.3. The second kappa shape index (κ2) is 13.8. The van der Waals surface area contributed by atoms with Crippen molar-refractivity contribution in [3.63, 3.8) is 0 Å². The minimum Gasteiger partial charge on any atom is -0.309 e. The molecule has 1 atom stereocenters. The summed E-state index contributed by atoms with van der Waals surface area (Å²) in [6.45, 7) is 0. The molecule has 10 aromatic rings. The number of nitrogens with zero attached hydrogens (tertiary/aromatic N) is 3. The number of hydrogen-bond acceptors (Lipinski definition) is 1. The van der Waals surface area contributed by atoms with Gasteiger partial charge in [-0.25, -0.2) is 0 Å². The Morgan fingerprint density at radius 2 is 1.16 bits per heavy atom. The maximum absolute atomic E-state index is 5.23. The molecule has 0 radical (unpaired) electrons. The second-order valence-electron chi connectivity index (χ2n) is 15.1. The van der Waals surface area contributed by atoms with Gasteiger partial charge in [0.05, 0.1) is 27.8 Å². The molecular formula is C54H39N3. The number of rotatable bonds is 7. The average molecular weight is 730 g/mol. The highest BCUT2D eigenvalue weighted by Gasteiger charge is 2.18. The zero-order valence-electron chi connectivity index (χ0n) is 31.5. The predicted molar refractivity (Wildman–Crippen MR) is 242 cm³/mol. The number of aliphatic imine (C=N–C) groups is 1. The zero-order chi connectivity index (χ0) is 37.7. The molecule has 1 aliphatic rings. The number of fused-ring (bicyclic) bond motifs is 7. The maximum atomic E-state index is 5.23. The number of hydrogen-bond donors (Lipinski definition) is 0. The van der Waals surface area contributed by atoms with Crippen molar-refractivity contribution >= 4 is 66.3 Å². The van der Waals surface area contributed by atoms with Crippen molar-refractivity contribution in [1.82, 2.24) is 9.13 Å². The highest BCUT2D eigenvalue weighted by molar-refractivity contribution is 6.12. The fourth-order valence-corrected chi connectivity index (χ4v) is 8.98. The SMILES string of the molecule is C1=CCC(C=Nc2c(Cc3ccccc3-n3c4ccccc4c4ccc(-c5ccc6c(c5)c5ccccc5n6-c5ccccc5)cc43)ccc3ccccc23)C=C1. The van der Waals surface area contributed by atoms with Gasteiger partial charge in [0.15, 0.2) is 0 Å². The maximum Gasteiger partial charge on any atom is 0.0739 e. The van der Waals surface area contributed by atoms with E-state index in [-0.39, 0.29) is 0 Å².